The number of nitrogens with zero attached hydrogens (tertiary/aromatic N) is 2. The Bertz CT molecular complexity index is 787. The van der Waals surface area contributed by atoms with Crippen LogP contribution in [0.5, 0.6) is 0 Å². The molecule has 0 unspecified atom stereocenters. The Balaban J connectivity index is 2.27. The van der Waals surface area contributed by atoms with Gasteiger partial charge in [0.15, 0.2) is 0 Å². The van der Waals surface area contributed by atoms with Crippen LogP contribution in [0.4, 0.5) is 0 Å². The van der Waals surface area contributed by atoms with E-state index in [4.69, 9.17) is 0 Å². The van der Waals surface area contributed by atoms with E-state index in [1.54, 1.807) is 0 Å². The van der Waals surface area contributed by atoms with Gasteiger partial charge in [-0.25, -0.2) is 4.98 Å². The van der Waals surface area contributed by atoms with Crippen LogP contribution in [0.1, 0.15) is 22.3 Å². The molecule has 0 aliphatic carbocycles. The number of benzene rings is 2. The third-order valence-corrected chi connectivity index (χ3v) is 4.41. The van der Waals surface area contributed by atoms with Crippen LogP contribution >= 0.6 is 15.9 Å². The van der Waals surface area contributed by atoms with E-state index in [2.05, 4.69) is 76.6 Å². The Morgan fingerprint density at radius 1 is 1.05 bits per heavy atom. The molecule has 3 heteroatoms. The van der Waals surface area contributed by atoms with Crippen LogP contribution in [0.2, 0.25) is 0 Å². The fourth-order valence-electron chi connectivity index (χ4n) is 2.51. The SMILES string of the molecule is Cc1ccc(-n2cnc3cc(C)c(C)cc32)c(CBr)c1. The lowest BCUT2D eigenvalue weighted by Gasteiger charge is -2.11. The summed E-state index contributed by atoms with van der Waals surface area (Å²) < 4.78 is 2.18. The van der Waals surface area contributed by atoms with E-state index in [1.165, 1.54) is 33.5 Å². The Kier molecular flexibility index (Phi) is 3.38. The van der Waals surface area contributed by atoms with Crippen molar-refractivity contribution in [3.8, 4) is 5.69 Å². The Morgan fingerprint density at radius 3 is 2.55 bits per heavy atom. The maximum Gasteiger partial charge on any atom is 0.100 e. The molecule has 0 aliphatic heterocycles. The lowest BCUT2D eigenvalue weighted by Crippen LogP contribution is -1.98. The largest absolute Gasteiger partial charge is 0.299 e. The highest BCUT2D eigenvalue weighted by atomic mass is 79.9. The smallest absolute Gasteiger partial charge is 0.100 e. The molecule has 2 nitrogen and oxygen atoms in total. The van der Waals surface area contributed by atoms with E-state index in [1.807, 2.05) is 6.33 Å². The second-order valence-electron chi connectivity index (χ2n) is 5.31. The monoisotopic (exact) mass is 328 g/mol. The molecule has 0 aliphatic rings. The molecule has 0 amide bonds. The molecule has 0 radical (unpaired) electrons. The summed E-state index contributed by atoms with van der Waals surface area (Å²) >= 11 is 3.58. The lowest BCUT2D eigenvalue weighted by molar-refractivity contribution is 1.07. The number of halogens is 1. The van der Waals surface area contributed by atoms with Gasteiger partial charge in [-0.15, -0.1) is 0 Å². The Labute approximate surface area is 127 Å². The molecule has 102 valence electrons. The van der Waals surface area contributed by atoms with Gasteiger partial charge in [-0.1, -0.05) is 33.6 Å². The number of aromatic nitrogens is 2. The molecule has 0 fully saturated rings. The fraction of sp³-hybridized carbons (Fsp3) is 0.235. The third kappa shape index (κ3) is 2.16. The number of hydrogen-bond donors (Lipinski definition) is 0. The number of hydrogen-bond acceptors (Lipinski definition) is 1. The van der Waals surface area contributed by atoms with Gasteiger partial charge >= 0.3 is 0 Å². The van der Waals surface area contributed by atoms with Crippen LogP contribution in [0.25, 0.3) is 16.7 Å². The zero-order chi connectivity index (χ0) is 14.3. The molecule has 20 heavy (non-hydrogen) atoms. The third-order valence-electron chi connectivity index (χ3n) is 3.80. The van der Waals surface area contributed by atoms with E-state index in [0.29, 0.717) is 0 Å². The second-order valence-corrected chi connectivity index (χ2v) is 5.87. The van der Waals surface area contributed by atoms with E-state index in [0.717, 1.165) is 10.8 Å². The van der Waals surface area contributed by atoms with Crippen molar-refractivity contribution >= 4 is 27.0 Å². The van der Waals surface area contributed by atoms with Gasteiger partial charge in [-0.05, 0) is 55.7 Å². The van der Waals surface area contributed by atoms with E-state index in [9.17, 15) is 0 Å². The summed E-state index contributed by atoms with van der Waals surface area (Å²) in [4.78, 5) is 4.54. The van der Waals surface area contributed by atoms with E-state index >= 15 is 0 Å². The highest BCUT2D eigenvalue weighted by molar-refractivity contribution is 9.08. The average Bonchev–Trinajstić information content (AvgIpc) is 2.82. The zero-order valence-corrected chi connectivity index (χ0v) is 13.5. The first-order chi connectivity index (χ1) is 9.60. The summed E-state index contributed by atoms with van der Waals surface area (Å²) in [5.74, 6) is 0. The molecule has 2 aromatic carbocycles. The van der Waals surface area contributed by atoms with Crippen LogP contribution in [0.3, 0.4) is 0 Å². The van der Waals surface area contributed by atoms with Gasteiger partial charge in [0.05, 0.1) is 16.7 Å². The van der Waals surface area contributed by atoms with E-state index < -0.39 is 0 Å². The molecule has 1 aromatic heterocycles. The van der Waals surface area contributed by atoms with Crippen molar-refractivity contribution in [1.82, 2.24) is 9.55 Å². The Hall–Kier alpha value is -1.61. The van der Waals surface area contributed by atoms with Crippen LogP contribution in [0, 0.1) is 20.8 Å². The second kappa shape index (κ2) is 5.06. The number of aryl methyl sites for hydroxylation is 3. The Morgan fingerprint density at radius 2 is 1.80 bits per heavy atom. The van der Waals surface area contributed by atoms with Crippen molar-refractivity contribution in [3.05, 3.63) is 58.9 Å². The van der Waals surface area contributed by atoms with Crippen molar-refractivity contribution in [2.24, 2.45) is 0 Å². The van der Waals surface area contributed by atoms with Crippen molar-refractivity contribution in [3.63, 3.8) is 0 Å². The summed E-state index contributed by atoms with van der Waals surface area (Å²) in [6.45, 7) is 6.39. The minimum atomic E-state index is 0.842. The molecule has 3 rings (SSSR count). The quantitative estimate of drug-likeness (QED) is 0.615. The van der Waals surface area contributed by atoms with Crippen LogP contribution in [0.15, 0.2) is 36.7 Å². The molecule has 1 heterocycles. The number of rotatable bonds is 2. The maximum absolute atomic E-state index is 4.54. The van der Waals surface area contributed by atoms with Gasteiger partial charge in [0, 0.05) is 5.33 Å². The molecule has 0 bridgehead atoms. The fourth-order valence-corrected chi connectivity index (χ4v) is 2.96. The standard InChI is InChI=1S/C17H17BrN2/c1-11-4-5-16(14(6-11)9-18)20-10-19-15-7-12(2)13(3)8-17(15)20/h4-8,10H,9H2,1-3H3. The highest BCUT2D eigenvalue weighted by Gasteiger charge is 2.10. The molecule has 0 saturated carbocycles. The normalized spacial score (nSPS) is 11.2. The predicted molar refractivity (Wildman–Crippen MR) is 87.9 cm³/mol. The summed E-state index contributed by atoms with van der Waals surface area (Å²) in [7, 11) is 0. The minimum Gasteiger partial charge on any atom is -0.299 e. The van der Waals surface area contributed by atoms with Crippen LogP contribution in [-0.2, 0) is 5.33 Å². The summed E-state index contributed by atoms with van der Waals surface area (Å²) in [6, 6.07) is 10.9. The van der Waals surface area contributed by atoms with Crippen molar-refractivity contribution in [1.29, 1.82) is 0 Å². The molecule has 0 atom stereocenters. The van der Waals surface area contributed by atoms with Crippen molar-refractivity contribution < 1.29 is 0 Å². The van der Waals surface area contributed by atoms with Gasteiger partial charge in [0.2, 0.25) is 0 Å². The molecule has 3 aromatic rings. The number of imidazole rings is 1. The lowest BCUT2D eigenvalue weighted by atomic mass is 10.1. The van der Waals surface area contributed by atoms with Crippen molar-refractivity contribution in [2.45, 2.75) is 26.1 Å². The molecule has 0 saturated heterocycles. The van der Waals surface area contributed by atoms with Crippen molar-refractivity contribution in [2.75, 3.05) is 0 Å². The predicted octanol–water partition coefficient (Wildman–Crippen LogP) is 4.85. The molecule has 0 N–H and O–H groups in total. The summed E-state index contributed by atoms with van der Waals surface area (Å²) in [6.07, 6.45) is 1.92. The maximum atomic E-state index is 4.54. The molecular formula is C17H17BrN2. The first kappa shape index (κ1) is 13.4. The number of fused-ring (bicyclic) bond motifs is 1. The van der Waals surface area contributed by atoms with Gasteiger partial charge in [-0.3, -0.25) is 4.57 Å². The minimum absolute atomic E-state index is 0.842. The van der Waals surface area contributed by atoms with Gasteiger partial charge in [0.25, 0.3) is 0 Å². The first-order valence-corrected chi connectivity index (χ1v) is 7.82. The zero-order valence-electron chi connectivity index (χ0n) is 11.9. The summed E-state index contributed by atoms with van der Waals surface area (Å²) in [5.41, 5.74) is 8.55. The topological polar surface area (TPSA) is 17.8 Å². The number of alkyl halides is 1. The van der Waals surface area contributed by atoms with Gasteiger partial charge in [-0.2, -0.15) is 0 Å². The molecular weight excluding hydrogens is 312 g/mol. The highest BCUT2D eigenvalue weighted by Crippen LogP contribution is 2.25. The molecule has 0 spiro atoms. The van der Waals surface area contributed by atoms with Gasteiger partial charge in [0.1, 0.15) is 6.33 Å². The first-order valence-electron chi connectivity index (χ1n) is 6.70. The van der Waals surface area contributed by atoms with Crippen LogP contribution in [-0.4, -0.2) is 9.55 Å². The van der Waals surface area contributed by atoms with Crippen LogP contribution < -0.4 is 0 Å². The van der Waals surface area contributed by atoms with Gasteiger partial charge < -0.3 is 0 Å². The average molecular weight is 329 g/mol. The summed E-state index contributed by atoms with van der Waals surface area (Å²) in [5, 5.41) is 0.842. The van der Waals surface area contributed by atoms with E-state index in [-0.39, 0.29) is 0 Å².